The highest BCUT2D eigenvalue weighted by Gasteiger charge is 2.51. The summed E-state index contributed by atoms with van der Waals surface area (Å²) in [6.07, 6.45) is 1.51. The SMILES string of the molecule is Cc1ccc(-c2ccc(C3(C(=O)O)CC3)cc2)cc1. The maximum atomic E-state index is 11.3. The zero-order valence-electron chi connectivity index (χ0n) is 10.9. The number of aliphatic carboxylic acids is 1. The van der Waals surface area contributed by atoms with Crippen molar-refractivity contribution in [2.24, 2.45) is 0 Å². The Morgan fingerprint density at radius 1 is 0.947 bits per heavy atom. The zero-order chi connectivity index (χ0) is 13.5. The minimum atomic E-state index is -0.699. The summed E-state index contributed by atoms with van der Waals surface area (Å²) in [7, 11) is 0. The molecule has 0 heterocycles. The van der Waals surface area contributed by atoms with Crippen LogP contribution in [0.2, 0.25) is 0 Å². The van der Waals surface area contributed by atoms with Crippen LogP contribution in [-0.2, 0) is 10.2 Å². The molecule has 0 radical (unpaired) electrons. The van der Waals surface area contributed by atoms with Crippen LogP contribution in [0, 0.1) is 6.92 Å². The lowest BCUT2D eigenvalue weighted by atomic mass is 9.94. The van der Waals surface area contributed by atoms with E-state index in [4.69, 9.17) is 0 Å². The minimum Gasteiger partial charge on any atom is -0.481 e. The second-order valence-corrected chi connectivity index (χ2v) is 5.33. The first kappa shape index (κ1) is 12.0. The lowest BCUT2D eigenvalue weighted by molar-refractivity contribution is -0.140. The summed E-state index contributed by atoms with van der Waals surface area (Å²) >= 11 is 0. The van der Waals surface area contributed by atoms with Gasteiger partial charge in [-0.1, -0.05) is 54.1 Å². The van der Waals surface area contributed by atoms with Gasteiger partial charge in [-0.2, -0.15) is 0 Å². The molecule has 1 N–H and O–H groups in total. The third-order valence-electron chi connectivity index (χ3n) is 3.98. The van der Waals surface area contributed by atoms with Crippen molar-refractivity contribution >= 4 is 5.97 Å². The molecule has 2 aromatic carbocycles. The van der Waals surface area contributed by atoms with Gasteiger partial charge in [-0.25, -0.2) is 0 Å². The molecule has 1 saturated carbocycles. The minimum absolute atomic E-state index is 0.605. The summed E-state index contributed by atoms with van der Waals surface area (Å²) in [5.41, 5.74) is 3.85. The fourth-order valence-corrected chi connectivity index (χ4v) is 2.48. The molecular weight excluding hydrogens is 236 g/mol. The van der Waals surface area contributed by atoms with Crippen molar-refractivity contribution in [2.75, 3.05) is 0 Å². The van der Waals surface area contributed by atoms with Gasteiger partial charge in [0, 0.05) is 0 Å². The van der Waals surface area contributed by atoms with Gasteiger partial charge in [-0.15, -0.1) is 0 Å². The molecule has 1 aliphatic carbocycles. The van der Waals surface area contributed by atoms with Gasteiger partial charge in [0.05, 0.1) is 5.41 Å². The van der Waals surface area contributed by atoms with E-state index in [1.54, 1.807) is 0 Å². The summed E-state index contributed by atoms with van der Waals surface area (Å²) in [4.78, 5) is 11.3. The average Bonchev–Trinajstić information content (AvgIpc) is 3.21. The normalized spacial score (nSPS) is 16.1. The molecular formula is C17H16O2. The van der Waals surface area contributed by atoms with Crippen molar-refractivity contribution in [3.05, 3.63) is 59.7 Å². The van der Waals surface area contributed by atoms with Crippen LogP contribution in [-0.4, -0.2) is 11.1 Å². The summed E-state index contributed by atoms with van der Waals surface area (Å²) in [6, 6.07) is 16.3. The van der Waals surface area contributed by atoms with Gasteiger partial charge in [-0.05, 0) is 36.5 Å². The monoisotopic (exact) mass is 252 g/mol. The number of hydrogen-bond acceptors (Lipinski definition) is 1. The predicted molar refractivity (Wildman–Crippen MR) is 75.2 cm³/mol. The molecule has 0 saturated heterocycles. The Kier molecular flexibility index (Phi) is 2.67. The molecule has 1 aliphatic rings. The molecule has 19 heavy (non-hydrogen) atoms. The van der Waals surface area contributed by atoms with Crippen LogP contribution in [0.4, 0.5) is 0 Å². The van der Waals surface area contributed by atoms with Crippen molar-refractivity contribution in [2.45, 2.75) is 25.2 Å². The molecule has 2 aromatic rings. The van der Waals surface area contributed by atoms with Crippen LogP contribution in [0.3, 0.4) is 0 Å². The van der Waals surface area contributed by atoms with Gasteiger partial charge in [0.15, 0.2) is 0 Å². The first-order valence-electron chi connectivity index (χ1n) is 6.53. The number of hydrogen-bond donors (Lipinski definition) is 1. The van der Waals surface area contributed by atoms with Gasteiger partial charge in [0.25, 0.3) is 0 Å². The van der Waals surface area contributed by atoms with Gasteiger partial charge in [-0.3, -0.25) is 4.79 Å². The largest absolute Gasteiger partial charge is 0.481 e. The molecule has 96 valence electrons. The molecule has 0 aromatic heterocycles. The van der Waals surface area contributed by atoms with Gasteiger partial charge < -0.3 is 5.11 Å². The van der Waals surface area contributed by atoms with Crippen molar-refractivity contribution in [1.29, 1.82) is 0 Å². The van der Waals surface area contributed by atoms with E-state index < -0.39 is 11.4 Å². The summed E-state index contributed by atoms with van der Waals surface area (Å²) in [5, 5.41) is 9.27. The van der Waals surface area contributed by atoms with Crippen molar-refractivity contribution in [1.82, 2.24) is 0 Å². The van der Waals surface area contributed by atoms with E-state index in [-0.39, 0.29) is 0 Å². The van der Waals surface area contributed by atoms with E-state index in [0.717, 1.165) is 29.5 Å². The second-order valence-electron chi connectivity index (χ2n) is 5.33. The van der Waals surface area contributed by atoms with E-state index in [1.165, 1.54) is 5.56 Å². The van der Waals surface area contributed by atoms with Crippen LogP contribution in [0.5, 0.6) is 0 Å². The van der Waals surface area contributed by atoms with E-state index in [9.17, 15) is 9.90 Å². The molecule has 2 heteroatoms. The summed E-state index contributed by atoms with van der Waals surface area (Å²) in [5.74, 6) is -0.699. The zero-order valence-corrected chi connectivity index (χ0v) is 10.9. The molecule has 0 aliphatic heterocycles. The number of benzene rings is 2. The number of aryl methyl sites for hydroxylation is 1. The highest BCUT2D eigenvalue weighted by Crippen LogP contribution is 2.48. The molecule has 0 spiro atoms. The number of carboxylic acid groups (broad SMARTS) is 1. The lowest BCUT2D eigenvalue weighted by Crippen LogP contribution is -2.19. The van der Waals surface area contributed by atoms with Crippen LogP contribution in [0.15, 0.2) is 48.5 Å². The van der Waals surface area contributed by atoms with Crippen LogP contribution in [0.1, 0.15) is 24.0 Å². The molecule has 3 rings (SSSR count). The summed E-state index contributed by atoms with van der Waals surface area (Å²) in [6.45, 7) is 2.07. The molecule has 0 amide bonds. The quantitative estimate of drug-likeness (QED) is 0.902. The Balaban J connectivity index is 1.91. The Hall–Kier alpha value is -2.09. The predicted octanol–water partition coefficient (Wildman–Crippen LogP) is 3.78. The van der Waals surface area contributed by atoms with Gasteiger partial charge >= 0.3 is 5.97 Å². The fourth-order valence-electron chi connectivity index (χ4n) is 2.48. The van der Waals surface area contributed by atoms with Crippen molar-refractivity contribution in [3.63, 3.8) is 0 Å². The highest BCUT2D eigenvalue weighted by molar-refractivity contribution is 5.85. The third-order valence-corrected chi connectivity index (χ3v) is 3.98. The van der Waals surface area contributed by atoms with Crippen molar-refractivity contribution < 1.29 is 9.90 Å². The highest BCUT2D eigenvalue weighted by atomic mass is 16.4. The van der Waals surface area contributed by atoms with E-state index in [1.807, 2.05) is 24.3 Å². The van der Waals surface area contributed by atoms with Crippen LogP contribution < -0.4 is 0 Å². The Morgan fingerprint density at radius 3 is 1.84 bits per heavy atom. The van der Waals surface area contributed by atoms with E-state index >= 15 is 0 Å². The fraction of sp³-hybridized carbons (Fsp3) is 0.235. The van der Waals surface area contributed by atoms with Crippen LogP contribution in [0.25, 0.3) is 11.1 Å². The Morgan fingerprint density at radius 2 is 1.42 bits per heavy atom. The number of carbonyl (C=O) groups is 1. The van der Waals surface area contributed by atoms with Gasteiger partial charge in [0.2, 0.25) is 0 Å². The Bertz CT molecular complexity index is 605. The molecule has 1 fully saturated rings. The van der Waals surface area contributed by atoms with E-state index in [2.05, 4.69) is 31.2 Å². The standard InChI is InChI=1S/C17H16O2/c1-12-2-4-13(5-3-12)14-6-8-15(9-7-14)17(10-11-17)16(18)19/h2-9H,10-11H2,1H3,(H,18,19). The Labute approximate surface area is 112 Å². The number of rotatable bonds is 3. The maximum absolute atomic E-state index is 11.3. The first-order valence-corrected chi connectivity index (χ1v) is 6.53. The first-order chi connectivity index (χ1) is 9.12. The van der Waals surface area contributed by atoms with Crippen molar-refractivity contribution in [3.8, 4) is 11.1 Å². The average molecular weight is 252 g/mol. The molecule has 0 atom stereocenters. The molecule has 0 unspecified atom stereocenters. The van der Waals surface area contributed by atoms with E-state index in [0.29, 0.717) is 0 Å². The van der Waals surface area contributed by atoms with Gasteiger partial charge in [0.1, 0.15) is 0 Å². The topological polar surface area (TPSA) is 37.3 Å². The molecule has 0 bridgehead atoms. The number of carboxylic acids is 1. The summed E-state index contributed by atoms with van der Waals surface area (Å²) < 4.78 is 0. The maximum Gasteiger partial charge on any atom is 0.314 e. The van der Waals surface area contributed by atoms with Crippen LogP contribution >= 0.6 is 0 Å². The second kappa shape index (κ2) is 4.23. The molecule has 2 nitrogen and oxygen atoms in total. The lowest BCUT2D eigenvalue weighted by Gasteiger charge is -2.11. The smallest absolute Gasteiger partial charge is 0.314 e. The third kappa shape index (κ3) is 2.03.